The second kappa shape index (κ2) is 3.70. The van der Waals surface area contributed by atoms with Crippen LogP contribution >= 0.6 is 11.6 Å². The predicted molar refractivity (Wildman–Crippen MR) is 48.5 cm³/mol. The van der Waals surface area contributed by atoms with E-state index in [-0.39, 0.29) is 0 Å². The minimum atomic E-state index is -0.543. The molecule has 1 nitrogen and oxygen atoms in total. The van der Waals surface area contributed by atoms with Gasteiger partial charge in [0, 0.05) is 10.6 Å². The lowest BCUT2D eigenvalue weighted by atomic mass is 10.1. The summed E-state index contributed by atoms with van der Waals surface area (Å²) in [5.41, 5.74) is 5.85. The lowest BCUT2D eigenvalue weighted by Gasteiger charge is -2.09. The Balaban J connectivity index is 3.20. The first-order valence-corrected chi connectivity index (χ1v) is 3.86. The van der Waals surface area contributed by atoms with Gasteiger partial charge < -0.3 is 5.73 Å². The molecule has 1 atom stereocenters. The van der Waals surface area contributed by atoms with Gasteiger partial charge in [0.2, 0.25) is 0 Å². The Morgan fingerprint density at radius 1 is 1.58 bits per heavy atom. The maximum atomic E-state index is 13.1. The Morgan fingerprint density at radius 3 is 2.75 bits per heavy atom. The standard InChI is InChI=1S/C9H9ClFN/c1-2-8(12)9-6(10)4-3-5-7(9)11/h2-5,8H,1,12H2/t8-/m0/s1. The van der Waals surface area contributed by atoms with Crippen LogP contribution in [0.15, 0.2) is 30.9 Å². The fraction of sp³-hybridized carbons (Fsp3) is 0.111. The van der Waals surface area contributed by atoms with Gasteiger partial charge in [-0.15, -0.1) is 6.58 Å². The third-order valence-electron chi connectivity index (χ3n) is 1.59. The second-order valence-electron chi connectivity index (χ2n) is 2.40. The Kier molecular flexibility index (Phi) is 2.84. The fourth-order valence-corrected chi connectivity index (χ4v) is 1.24. The van der Waals surface area contributed by atoms with E-state index < -0.39 is 11.9 Å². The highest BCUT2D eigenvalue weighted by atomic mass is 35.5. The number of rotatable bonds is 2. The van der Waals surface area contributed by atoms with E-state index in [0.717, 1.165) is 0 Å². The molecule has 0 radical (unpaired) electrons. The SMILES string of the molecule is C=C[C@H](N)c1c(F)cccc1Cl. The van der Waals surface area contributed by atoms with Crippen molar-refractivity contribution in [2.45, 2.75) is 6.04 Å². The van der Waals surface area contributed by atoms with Gasteiger partial charge in [-0.3, -0.25) is 0 Å². The zero-order chi connectivity index (χ0) is 9.14. The summed E-state index contributed by atoms with van der Waals surface area (Å²) < 4.78 is 13.1. The zero-order valence-electron chi connectivity index (χ0n) is 6.43. The van der Waals surface area contributed by atoms with Crippen LogP contribution in [0, 0.1) is 5.82 Å². The molecule has 0 aromatic heterocycles. The summed E-state index contributed by atoms with van der Waals surface area (Å²) in [5.74, 6) is -0.394. The maximum absolute atomic E-state index is 13.1. The van der Waals surface area contributed by atoms with Crippen LogP contribution in [0.3, 0.4) is 0 Å². The zero-order valence-corrected chi connectivity index (χ0v) is 7.18. The van der Waals surface area contributed by atoms with Crippen LogP contribution in [-0.4, -0.2) is 0 Å². The van der Waals surface area contributed by atoms with Gasteiger partial charge in [-0.1, -0.05) is 23.7 Å². The monoisotopic (exact) mass is 185 g/mol. The molecule has 0 aliphatic rings. The smallest absolute Gasteiger partial charge is 0.129 e. The van der Waals surface area contributed by atoms with Crippen molar-refractivity contribution < 1.29 is 4.39 Å². The number of hydrogen-bond donors (Lipinski definition) is 1. The Labute approximate surface area is 75.6 Å². The van der Waals surface area contributed by atoms with Crippen molar-refractivity contribution >= 4 is 11.6 Å². The molecular weight excluding hydrogens is 177 g/mol. The summed E-state index contributed by atoms with van der Waals surface area (Å²) in [4.78, 5) is 0. The molecule has 0 aliphatic heterocycles. The molecule has 0 fully saturated rings. The molecule has 0 amide bonds. The Bertz CT molecular complexity index is 278. The molecule has 2 N–H and O–H groups in total. The molecular formula is C9H9ClFN. The molecule has 0 aliphatic carbocycles. The molecule has 12 heavy (non-hydrogen) atoms. The third kappa shape index (κ3) is 1.65. The molecule has 1 aromatic carbocycles. The lowest BCUT2D eigenvalue weighted by molar-refractivity contribution is 0.602. The summed E-state index contributed by atoms with van der Waals surface area (Å²) >= 11 is 5.74. The average molecular weight is 186 g/mol. The predicted octanol–water partition coefficient (Wildman–Crippen LogP) is 2.66. The van der Waals surface area contributed by atoms with E-state index >= 15 is 0 Å². The highest BCUT2D eigenvalue weighted by molar-refractivity contribution is 6.31. The van der Waals surface area contributed by atoms with Gasteiger partial charge in [0.15, 0.2) is 0 Å². The highest BCUT2D eigenvalue weighted by Gasteiger charge is 2.11. The van der Waals surface area contributed by atoms with E-state index in [1.165, 1.54) is 18.2 Å². The maximum Gasteiger partial charge on any atom is 0.129 e. The molecule has 0 unspecified atom stereocenters. The second-order valence-corrected chi connectivity index (χ2v) is 2.80. The molecule has 1 rings (SSSR count). The van der Waals surface area contributed by atoms with Gasteiger partial charge in [-0.25, -0.2) is 4.39 Å². The van der Waals surface area contributed by atoms with E-state index in [4.69, 9.17) is 17.3 Å². The van der Waals surface area contributed by atoms with Crippen LogP contribution < -0.4 is 5.73 Å². The Morgan fingerprint density at radius 2 is 2.25 bits per heavy atom. The first-order chi connectivity index (χ1) is 5.66. The molecule has 0 saturated carbocycles. The topological polar surface area (TPSA) is 26.0 Å². The van der Waals surface area contributed by atoms with Crippen LogP contribution in [0.2, 0.25) is 5.02 Å². The molecule has 64 valence electrons. The molecule has 0 spiro atoms. The van der Waals surface area contributed by atoms with Crippen LogP contribution in [-0.2, 0) is 0 Å². The highest BCUT2D eigenvalue weighted by Crippen LogP contribution is 2.24. The molecule has 1 aromatic rings. The van der Waals surface area contributed by atoms with Crippen molar-refractivity contribution in [1.82, 2.24) is 0 Å². The van der Waals surface area contributed by atoms with E-state index in [9.17, 15) is 4.39 Å². The van der Waals surface area contributed by atoms with E-state index in [0.29, 0.717) is 10.6 Å². The van der Waals surface area contributed by atoms with Crippen molar-refractivity contribution in [1.29, 1.82) is 0 Å². The third-order valence-corrected chi connectivity index (χ3v) is 1.92. The van der Waals surface area contributed by atoms with Gasteiger partial charge in [0.05, 0.1) is 6.04 Å². The van der Waals surface area contributed by atoms with Crippen LogP contribution in [0.5, 0.6) is 0 Å². The molecule has 0 bridgehead atoms. The summed E-state index contributed by atoms with van der Waals surface area (Å²) in [6.45, 7) is 3.47. The van der Waals surface area contributed by atoms with Crippen molar-refractivity contribution in [3.63, 3.8) is 0 Å². The largest absolute Gasteiger partial charge is 0.321 e. The number of halogens is 2. The summed E-state index contributed by atoms with van der Waals surface area (Å²) in [5, 5.41) is 0.336. The van der Waals surface area contributed by atoms with Crippen molar-refractivity contribution in [2.24, 2.45) is 5.73 Å². The number of nitrogens with two attached hydrogens (primary N) is 1. The first kappa shape index (κ1) is 9.23. The minimum absolute atomic E-state index is 0.300. The number of hydrogen-bond acceptors (Lipinski definition) is 1. The van der Waals surface area contributed by atoms with E-state index in [2.05, 4.69) is 6.58 Å². The van der Waals surface area contributed by atoms with Gasteiger partial charge in [-0.2, -0.15) is 0 Å². The average Bonchev–Trinajstić information content (AvgIpc) is 2.03. The van der Waals surface area contributed by atoms with Crippen molar-refractivity contribution in [3.8, 4) is 0 Å². The van der Waals surface area contributed by atoms with Crippen LogP contribution in [0.25, 0.3) is 0 Å². The molecule has 0 saturated heterocycles. The lowest BCUT2D eigenvalue weighted by Crippen LogP contribution is -2.09. The summed E-state index contributed by atoms with van der Waals surface area (Å²) in [6.07, 6.45) is 1.45. The minimum Gasteiger partial charge on any atom is -0.321 e. The normalized spacial score (nSPS) is 12.6. The van der Waals surface area contributed by atoms with Gasteiger partial charge in [0.1, 0.15) is 5.82 Å². The van der Waals surface area contributed by atoms with Crippen LogP contribution in [0.4, 0.5) is 4.39 Å². The Hall–Kier alpha value is -0.860. The van der Waals surface area contributed by atoms with Crippen molar-refractivity contribution in [3.05, 3.63) is 47.3 Å². The van der Waals surface area contributed by atoms with Gasteiger partial charge in [0.25, 0.3) is 0 Å². The molecule has 0 heterocycles. The van der Waals surface area contributed by atoms with E-state index in [1.807, 2.05) is 0 Å². The summed E-state index contributed by atoms with van der Waals surface area (Å²) in [6, 6.07) is 3.92. The van der Waals surface area contributed by atoms with Crippen molar-refractivity contribution in [2.75, 3.05) is 0 Å². The fourth-order valence-electron chi connectivity index (χ4n) is 0.947. The van der Waals surface area contributed by atoms with Gasteiger partial charge >= 0.3 is 0 Å². The summed E-state index contributed by atoms with van der Waals surface area (Å²) in [7, 11) is 0. The molecule has 3 heteroatoms. The van der Waals surface area contributed by atoms with Gasteiger partial charge in [-0.05, 0) is 12.1 Å². The first-order valence-electron chi connectivity index (χ1n) is 3.49. The quantitative estimate of drug-likeness (QED) is 0.705. The van der Waals surface area contributed by atoms with Crippen LogP contribution in [0.1, 0.15) is 11.6 Å². The number of benzene rings is 1. The van der Waals surface area contributed by atoms with E-state index in [1.54, 1.807) is 6.07 Å².